The van der Waals surface area contributed by atoms with Crippen molar-refractivity contribution in [2.24, 2.45) is 0 Å². The Bertz CT molecular complexity index is 2430. The third-order valence-corrected chi connectivity index (χ3v) is 10.5. The Hall–Kier alpha value is -5.96. The van der Waals surface area contributed by atoms with E-state index in [0.717, 1.165) is 17.1 Å². The fourth-order valence-electron chi connectivity index (χ4n) is 6.90. The maximum Gasteiger partial charge on any atom is 0.0468 e. The summed E-state index contributed by atoms with van der Waals surface area (Å²) in [6, 6.07) is 68.0. The van der Waals surface area contributed by atoms with Crippen LogP contribution in [-0.4, -0.2) is 0 Å². The summed E-state index contributed by atoms with van der Waals surface area (Å²) in [5, 5.41) is 5.18. The Kier molecular flexibility index (Phi) is 7.07. The zero-order valence-corrected chi connectivity index (χ0v) is 27.1. The molecule has 0 atom stereocenters. The van der Waals surface area contributed by atoms with Crippen LogP contribution in [0.15, 0.2) is 188 Å². The minimum Gasteiger partial charge on any atom is -0.310 e. The number of benzene rings is 8. The Labute approximate surface area is 284 Å². The van der Waals surface area contributed by atoms with Gasteiger partial charge in [-0.2, -0.15) is 0 Å². The first-order valence-electron chi connectivity index (χ1n) is 16.3. The molecule has 0 saturated carbocycles. The van der Waals surface area contributed by atoms with Crippen LogP contribution in [0.2, 0.25) is 0 Å². The van der Waals surface area contributed by atoms with Crippen molar-refractivity contribution in [2.45, 2.75) is 0 Å². The van der Waals surface area contributed by atoms with Crippen LogP contribution in [0.1, 0.15) is 0 Å². The smallest absolute Gasteiger partial charge is 0.0468 e. The lowest BCUT2D eigenvalue weighted by Gasteiger charge is -2.26. The van der Waals surface area contributed by atoms with Gasteiger partial charge in [0.15, 0.2) is 0 Å². The molecule has 1 nitrogen and oxygen atoms in total. The summed E-state index contributed by atoms with van der Waals surface area (Å²) >= 11 is 1.89. The lowest BCUT2D eigenvalue weighted by Crippen LogP contribution is -2.09. The second kappa shape index (κ2) is 12.0. The average Bonchev–Trinajstić information content (AvgIpc) is 3.54. The molecule has 2 heteroatoms. The summed E-state index contributed by atoms with van der Waals surface area (Å²) in [7, 11) is 0. The van der Waals surface area contributed by atoms with Gasteiger partial charge in [-0.1, -0.05) is 140 Å². The summed E-state index contributed by atoms with van der Waals surface area (Å²) in [4.78, 5) is 2.38. The summed E-state index contributed by atoms with van der Waals surface area (Å²) in [5.74, 6) is 0. The van der Waals surface area contributed by atoms with E-state index in [9.17, 15) is 0 Å². The minimum absolute atomic E-state index is 1.12. The van der Waals surface area contributed by atoms with Gasteiger partial charge in [0.25, 0.3) is 0 Å². The molecule has 0 radical (unpaired) electrons. The van der Waals surface area contributed by atoms with Gasteiger partial charge in [-0.3, -0.25) is 0 Å². The average molecular weight is 630 g/mol. The van der Waals surface area contributed by atoms with Crippen LogP contribution >= 0.6 is 11.3 Å². The predicted molar refractivity (Wildman–Crippen MR) is 208 cm³/mol. The molecule has 0 bridgehead atoms. The highest BCUT2D eigenvalue weighted by molar-refractivity contribution is 7.26. The predicted octanol–water partition coefficient (Wildman–Crippen LogP) is 13.7. The normalized spacial score (nSPS) is 11.3. The third-order valence-electron chi connectivity index (χ3n) is 9.27. The van der Waals surface area contributed by atoms with E-state index in [1.165, 1.54) is 64.3 Å². The molecular weight excluding hydrogens is 599 g/mol. The fourth-order valence-corrected chi connectivity index (χ4v) is 8.10. The molecule has 0 aliphatic heterocycles. The van der Waals surface area contributed by atoms with Crippen molar-refractivity contribution in [1.82, 2.24) is 0 Å². The second-order valence-corrected chi connectivity index (χ2v) is 13.2. The van der Waals surface area contributed by atoms with Gasteiger partial charge in [-0.25, -0.2) is 0 Å². The second-order valence-electron chi connectivity index (χ2n) is 12.2. The lowest BCUT2D eigenvalue weighted by molar-refractivity contribution is 1.29. The SMILES string of the molecule is c1ccc(-c2ccc(N(c3ccc(-c4ccccc4)cc3)c3ccc4sc5c6ccccc6c(-c6ccccc6)cc5c4c3)cc2)cc1. The van der Waals surface area contributed by atoms with Gasteiger partial charge >= 0.3 is 0 Å². The van der Waals surface area contributed by atoms with Crippen LogP contribution in [0, 0.1) is 0 Å². The Morgan fingerprint density at radius 1 is 0.312 bits per heavy atom. The van der Waals surface area contributed by atoms with Gasteiger partial charge in [0.05, 0.1) is 0 Å². The molecule has 0 unspecified atom stereocenters. The zero-order chi connectivity index (χ0) is 31.9. The van der Waals surface area contributed by atoms with E-state index in [1.807, 2.05) is 11.3 Å². The molecule has 48 heavy (non-hydrogen) atoms. The monoisotopic (exact) mass is 629 g/mol. The summed E-state index contributed by atoms with van der Waals surface area (Å²) in [5.41, 5.74) is 10.7. The van der Waals surface area contributed by atoms with Gasteiger partial charge in [0.2, 0.25) is 0 Å². The van der Waals surface area contributed by atoms with Gasteiger partial charge in [0.1, 0.15) is 0 Å². The standard InChI is InChI=1S/C46H31NS/c1-4-12-32(13-5-1)34-20-24-37(25-21-34)47(38-26-22-35(23-27-38)33-14-6-2-7-15-33)39-28-29-45-43(30-39)44-31-42(36-16-8-3-9-17-36)40-18-10-11-19-41(40)46(44)48-45/h1-31H. The van der Waals surface area contributed by atoms with Crippen LogP contribution in [0.3, 0.4) is 0 Å². The molecule has 8 aromatic carbocycles. The van der Waals surface area contributed by atoms with Crippen LogP contribution in [0.25, 0.3) is 64.3 Å². The molecule has 1 heterocycles. The molecule has 0 spiro atoms. The summed E-state index contributed by atoms with van der Waals surface area (Å²) < 4.78 is 2.63. The largest absolute Gasteiger partial charge is 0.310 e. The number of thiophene rings is 1. The van der Waals surface area contributed by atoms with E-state index in [-0.39, 0.29) is 0 Å². The molecule has 0 aliphatic carbocycles. The van der Waals surface area contributed by atoms with Crippen molar-refractivity contribution in [2.75, 3.05) is 4.90 Å². The summed E-state index contributed by atoms with van der Waals surface area (Å²) in [6.45, 7) is 0. The Morgan fingerprint density at radius 3 is 1.33 bits per heavy atom. The van der Waals surface area contributed by atoms with Gasteiger partial charge in [0, 0.05) is 42.6 Å². The van der Waals surface area contributed by atoms with Crippen molar-refractivity contribution in [1.29, 1.82) is 0 Å². The van der Waals surface area contributed by atoms with E-state index in [0.29, 0.717) is 0 Å². The molecule has 0 fully saturated rings. The molecule has 0 N–H and O–H groups in total. The quantitative estimate of drug-likeness (QED) is 0.177. The molecular formula is C46H31NS. The topological polar surface area (TPSA) is 3.24 Å². The zero-order valence-electron chi connectivity index (χ0n) is 26.3. The van der Waals surface area contributed by atoms with E-state index in [1.54, 1.807) is 0 Å². The van der Waals surface area contributed by atoms with Crippen LogP contribution in [-0.2, 0) is 0 Å². The molecule has 9 aromatic rings. The Balaban J connectivity index is 1.22. The van der Waals surface area contributed by atoms with Crippen molar-refractivity contribution in [3.8, 4) is 33.4 Å². The van der Waals surface area contributed by atoms with Gasteiger partial charge < -0.3 is 4.90 Å². The van der Waals surface area contributed by atoms with Gasteiger partial charge in [-0.05, 0) is 87.3 Å². The number of nitrogens with zero attached hydrogens (tertiary/aromatic N) is 1. The number of fused-ring (bicyclic) bond motifs is 5. The molecule has 0 saturated heterocycles. The number of hydrogen-bond donors (Lipinski definition) is 0. The van der Waals surface area contributed by atoms with Gasteiger partial charge in [-0.15, -0.1) is 11.3 Å². The minimum atomic E-state index is 1.12. The van der Waals surface area contributed by atoms with E-state index >= 15 is 0 Å². The number of anilines is 3. The number of rotatable bonds is 6. The first-order chi connectivity index (χ1) is 23.8. The highest BCUT2D eigenvalue weighted by Crippen LogP contribution is 2.45. The number of hydrogen-bond acceptors (Lipinski definition) is 2. The van der Waals surface area contributed by atoms with Crippen LogP contribution in [0.5, 0.6) is 0 Å². The third kappa shape index (κ3) is 5.04. The van der Waals surface area contributed by atoms with E-state index in [4.69, 9.17) is 0 Å². The van der Waals surface area contributed by atoms with Crippen molar-refractivity contribution in [3.05, 3.63) is 188 Å². The van der Waals surface area contributed by atoms with Crippen molar-refractivity contribution in [3.63, 3.8) is 0 Å². The lowest BCUT2D eigenvalue weighted by atomic mass is 9.95. The Morgan fingerprint density at radius 2 is 0.771 bits per heavy atom. The highest BCUT2D eigenvalue weighted by Gasteiger charge is 2.18. The highest BCUT2D eigenvalue weighted by atomic mass is 32.1. The van der Waals surface area contributed by atoms with Crippen molar-refractivity contribution < 1.29 is 0 Å². The molecule has 9 rings (SSSR count). The van der Waals surface area contributed by atoms with Crippen LogP contribution < -0.4 is 4.90 Å². The molecule has 0 amide bonds. The van der Waals surface area contributed by atoms with Crippen LogP contribution in [0.4, 0.5) is 17.1 Å². The summed E-state index contributed by atoms with van der Waals surface area (Å²) in [6.07, 6.45) is 0. The van der Waals surface area contributed by atoms with E-state index in [2.05, 4.69) is 193 Å². The molecule has 1 aromatic heterocycles. The molecule has 226 valence electrons. The van der Waals surface area contributed by atoms with Crippen molar-refractivity contribution >= 4 is 59.3 Å². The molecule has 0 aliphatic rings. The fraction of sp³-hybridized carbons (Fsp3) is 0. The first kappa shape index (κ1) is 28.3. The maximum absolute atomic E-state index is 2.41. The first-order valence-corrected chi connectivity index (χ1v) is 17.2. The van der Waals surface area contributed by atoms with E-state index < -0.39 is 0 Å². The maximum atomic E-state index is 2.41.